The third kappa shape index (κ3) is 2.46. The van der Waals surface area contributed by atoms with E-state index < -0.39 is 0 Å². The van der Waals surface area contributed by atoms with Crippen LogP contribution in [0.3, 0.4) is 0 Å². The molecular weight excluding hydrogens is 246 g/mol. The summed E-state index contributed by atoms with van der Waals surface area (Å²) in [7, 11) is 0. The van der Waals surface area contributed by atoms with Gasteiger partial charge >= 0.3 is 0 Å². The zero-order chi connectivity index (χ0) is 13.5. The molecule has 0 aromatic rings. The van der Waals surface area contributed by atoms with Gasteiger partial charge in [-0.15, -0.1) is 0 Å². The van der Waals surface area contributed by atoms with E-state index in [1.807, 2.05) is 5.57 Å². The van der Waals surface area contributed by atoms with Crippen molar-refractivity contribution in [3.8, 4) is 0 Å². The average Bonchev–Trinajstić information content (AvgIpc) is 3.29. The van der Waals surface area contributed by atoms with Gasteiger partial charge in [0.2, 0.25) is 0 Å². The number of nitrogens with one attached hydrogen (secondary N) is 1. The first-order valence-corrected chi connectivity index (χ1v) is 8.81. The molecule has 0 radical (unpaired) electrons. The van der Waals surface area contributed by atoms with Crippen LogP contribution in [-0.4, -0.2) is 25.8 Å². The Morgan fingerprint density at radius 3 is 2.60 bits per heavy atom. The van der Waals surface area contributed by atoms with E-state index in [0.29, 0.717) is 10.8 Å². The van der Waals surface area contributed by atoms with Crippen molar-refractivity contribution >= 4 is 0 Å². The van der Waals surface area contributed by atoms with Crippen molar-refractivity contribution in [3.63, 3.8) is 0 Å². The van der Waals surface area contributed by atoms with E-state index in [4.69, 9.17) is 4.74 Å². The van der Waals surface area contributed by atoms with Gasteiger partial charge < -0.3 is 10.1 Å². The molecule has 0 amide bonds. The zero-order valence-electron chi connectivity index (χ0n) is 12.8. The van der Waals surface area contributed by atoms with E-state index >= 15 is 0 Å². The zero-order valence-corrected chi connectivity index (χ0v) is 12.8. The maximum atomic E-state index is 5.59. The number of rotatable bonds is 4. The normalized spacial score (nSPS) is 31.7. The summed E-state index contributed by atoms with van der Waals surface area (Å²) in [6.07, 6.45) is 16.5. The first-order chi connectivity index (χ1) is 9.80. The van der Waals surface area contributed by atoms with Gasteiger partial charge in [0.05, 0.1) is 0 Å². The molecule has 3 fully saturated rings. The summed E-state index contributed by atoms with van der Waals surface area (Å²) in [6.45, 7) is 3.27. The van der Waals surface area contributed by atoms with E-state index in [-0.39, 0.29) is 0 Å². The molecule has 1 aliphatic heterocycles. The van der Waals surface area contributed by atoms with Crippen molar-refractivity contribution in [2.24, 2.45) is 10.8 Å². The van der Waals surface area contributed by atoms with Crippen LogP contribution in [0.5, 0.6) is 0 Å². The second kappa shape index (κ2) is 5.14. The third-order valence-electron chi connectivity index (χ3n) is 6.26. The quantitative estimate of drug-likeness (QED) is 0.788. The first kappa shape index (κ1) is 13.3. The summed E-state index contributed by atoms with van der Waals surface area (Å²) in [5.74, 6) is 0. The second-order valence-electron chi connectivity index (χ2n) is 7.88. The molecule has 2 saturated carbocycles. The van der Waals surface area contributed by atoms with E-state index in [9.17, 15) is 0 Å². The van der Waals surface area contributed by atoms with E-state index in [0.717, 1.165) is 19.3 Å². The van der Waals surface area contributed by atoms with Gasteiger partial charge in [0.15, 0.2) is 0 Å². The van der Waals surface area contributed by atoms with Gasteiger partial charge in [-0.1, -0.05) is 11.6 Å². The summed E-state index contributed by atoms with van der Waals surface area (Å²) in [4.78, 5) is 0. The molecule has 2 nitrogen and oxygen atoms in total. The Kier molecular flexibility index (Phi) is 3.42. The molecule has 0 unspecified atom stereocenters. The average molecular weight is 275 g/mol. The van der Waals surface area contributed by atoms with Crippen LogP contribution in [0, 0.1) is 10.8 Å². The lowest BCUT2D eigenvalue weighted by molar-refractivity contribution is -0.0931. The lowest BCUT2D eigenvalue weighted by Crippen LogP contribution is -2.55. The lowest BCUT2D eigenvalue weighted by Gasteiger charge is -2.60. The van der Waals surface area contributed by atoms with Crippen LogP contribution in [0.25, 0.3) is 0 Å². The minimum atomic E-state index is 0.528. The molecule has 0 bridgehead atoms. The van der Waals surface area contributed by atoms with Gasteiger partial charge in [0, 0.05) is 31.2 Å². The van der Waals surface area contributed by atoms with Crippen LogP contribution in [0.15, 0.2) is 11.6 Å². The fraction of sp³-hybridized carbons (Fsp3) is 0.889. The third-order valence-corrected chi connectivity index (χ3v) is 6.26. The van der Waals surface area contributed by atoms with Crippen molar-refractivity contribution in [2.45, 2.75) is 70.3 Å². The van der Waals surface area contributed by atoms with Crippen molar-refractivity contribution in [2.75, 3.05) is 19.8 Å². The Hall–Kier alpha value is -0.340. The number of hydrogen-bond donors (Lipinski definition) is 1. The molecule has 112 valence electrons. The van der Waals surface area contributed by atoms with Crippen molar-refractivity contribution in [1.82, 2.24) is 5.32 Å². The molecule has 1 spiro atoms. The number of ether oxygens (including phenoxy) is 1. The Morgan fingerprint density at radius 1 is 1.15 bits per heavy atom. The van der Waals surface area contributed by atoms with Crippen LogP contribution in [-0.2, 0) is 4.74 Å². The van der Waals surface area contributed by atoms with E-state index in [1.54, 1.807) is 0 Å². The Morgan fingerprint density at radius 2 is 1.95 bits per heavy atom. The highest BCUT2D eigenvalue weighted by atomic mass is 16.5. The maximum absolute atomic E-state index is 5.59. The Labute approximate surface area is 123 Å². The molecule has 1 N–H and O–H groups in total. The van der Waals surface area contributed by atoms with Crippen LogP contribution < -0.4 is 5.32 Å². The fourth-order valence-electron chi connectivity index (χ4n) is 4.95. The van der Waals surface area contributed by atoms with Crippen LogP contribution in [0.2, 0.25) is 0 Å². The molecule has 2 heteroatoms. The minimum absolute atomic E-state index is 0.528. The Bertz CT molecular complexity index is 382. The van der Waals surface area contributed by atoms with Crippen molar-refractivity contribution < 1.29 is 4.74 Å². The van der Waals surface area contributed by atoms with Gasteiger partial charge in [-0.25, -0.2) is 0 Å². The van der Waals surface area contributed by atoms with Gasteiger partial charge in [-0.2, -0.15) is 0 Å². The molecule has 1 heterocycles. The van der Waals surface area contributed by atoms with E-state index in [1.165, 1.54) is 70.8 Å². The van der Waals surface area contributed by atoms with E-state index in [2.05, 4.69) is 11.4 Å². The van der Waals surface area contributed by atoms with Gasteiger partial charge in [0.1, 0.15) is 0 Å². The van der Waals surface area contributed by atoms with Crippen LogP contribution in [0.1, 0.15) is 64.2 Å². The van der Waals surface area contributed by atoms with Gasteiger partial charge in [-0.05, 0) is 69.6 Å². The van der Waals surface area contributed by atoms with Gasteiger partial charge in [-0.3, -0.25) is 0 Å². The van der Waals surface area contributed by atoms with Crippen LogP contribution >= 0.6 is 0 Å². The van der Waals surface area contributed by atoms with Crippen molar-refractivity contribution in [3.05, 3.63) is 11.6 Å². The molecule has 4 aliphatic rings. The topological polar surface area (TPSA) is 21.3 Å². The molecule has 3 aliphatic carbocycles. The fourth-order valence-corrected chi connectivity index (χ4v) is 4.95. The summed E-state index contributed by atoms with van der Waals surface area (Å²) in [5.41, 5.74) is 2.98. The lowest BCUT2D eigenvalue weighted by atomic mass is 9.47. The molecule has 20 heavy (non-hydrogen) atoms. The van der Waals surface area contributed by atoms with Crippen molar-refractivity contribution in [1.29, 1.82) is 0 Å². The molecule has 4 rings (SSSR count). The summed E-state index contributed by atoms with van der Waals surface area (Å²) in [5, 5.41) is 3.85. The van der Waals surface area contributed by atoms with Crippen LogP contribution in [0.4, 0.5) is 0 Å². The SMILES string of the molecule is C1=C(C2(CNC3CC3)CC3(CCOCC3)C2)CCCC1. The standard InChI is InChI=1S/C18H29NO/c1-2-4-15(5-3-1)18(14-19-16-6-7-16)12-17(13-18)8-10-20-11-9-17/h4,16,19H,1-3,5-14H2. The second-order valence-corrected chi connectivity index (χ2v) is 7.88. The highest BCUT2D eigenvalue weighted by Crippen LogP contribution is 2.63. The molecule has 0 aromatic heterocycles. The predicted octanol–water partition coefficient (Wildman–Crippen LogP) is 3.82. The minimum Gasteiger partial charge on any atom is -0.381 e. The molecule has 0 atom stereocenters. The predicted molar refractivity (Wildman–Crippen MR) is 81.7 cm³/mol. The summed E-state index contributed by atoms with van der Waals surface area (Å²) < 4.78 is 5.59. The molecular formula is C18H29NO. The number of allylic oxidation sites excluding steroid dienone is 1. The molecule has 0 aromatic carbocycles. The van der Waals surface area contributed by atoms with Gasteiger partial charge in [0.25, 0.3) is 0 Å². The first-order valence-electron chi connectivity index (χ1n) is 8.81. The highest BCUT2D eigenvalue weighted by molar-refractivity contribution is 5.25. The Balaban J connectivity index is 1.47. The number of hydrogen-bond acceptors (Lipinski definition) is 2. The summed E-state index contributed by atoms with van der Waals surface area (Å²) >= 11 is 0. The smallest absolute Gasteiger partial charge is 0.0471 e. The monoisotopic (exact) mass is 275 g/mol. The largest absolute Gasteiger partial charge is 0.381 e. The molecule has 1 saturated heterocycles. The highest BCUT2D eigenvalue weighted by Gasteiger charge is 2.55. The maximum Gasteiger partial charge on any atom is 0.0471 e. The summed E-state index contributed by atoms with van der Waals surface area (Å²) in [6, 6.07) is 0.849.